The van der Waals surface area contributed by atoms with E-state index in [1.54, 1.807) is 0 Å². The normalized spacial score (nSPS) is 13.7. The fraction of sp³-hybridized carbons (Fsp3) is 0.952. The number of rotatable bonds is 19. The first-order chi connectivity index (χ1) is 12.1. The van der Waals surface area contributed by atoms with Crippen molar-refractivity contribution in [2.75, 3.05) is 6.61 Å². The quantitative estimate of drug-likeness (QED) is 0.274. The van der Waals surface area contributed by atoms with Crippen molar-refractivity contribution in [1.82, 2.24) is 0 Å². The van der Waals surface area contributed by atoms with E-state index in [2.05, 4.69) is 6.92 Å². The number of carbonyl (C=O) groups is 1. The van der Waals surface area contributed by atoms with Crippen molar-refractivity contribution in [1.29, 1.82) is 0 Å². The molecule has 0 aromatic heterocycles. The predicted molar refractivity (Wildman–Crippen MR) is 104 cm³/mol. The first kappa shape index (κ1) is 24.4. The van der Waals surface area contributed by atoms with Crippen molar-refractivity contribution in [2.24, 2.45) is 5.92 Å². The van der Waals surface area contributed by atoms with Crippen molar-refractivity contribution in [2.45, 2.75) is 116 Å². The minimum absolute atomic E-state index is 0.157. The molecule has 0 aromatic rings. The van der Waals surface area contributed by atoms with Crippen LogP contribution in [-0.4, -0.2) is 34.0 Å². The van der Waals surface area contributed by atoms with E-state index in [4.69, 9.17) is 10.2 Å². The van der Waals surface area contributed by atoms with Crippen LogP contribution < -0.4 is 0 Å². The summed E-state index contributed by atoms with van der Waals surface area (Å²) in [5.41, 5.74) is 0. The third-order valence-electron chi connectivity index (χ3n) is 5.02. The summed E-state index contributed by atoms with van der Waals surface area (Å²) in [6, 6.07) is 0. The zero-order chi connectivity index (χ0) is 18.8. The number of hydrogen-bond donors (Lipinski definition) is 3. The minimum Gasteiger partial charge on any atom is -0.481 e. The van der Waals surface area contributed by atoms with Gasteiger partial charge >= 0.3 is 5.97 Å². The van der Waals surface area contributed by atoms with Gasteiger partial charge in [0.05, 0.1) is 18.6 Å². The average molecular weight is 359 g/mol. The molecule has 0 fully saturated rings. The molecule has 0 amide bonds. The number of carboxylic acids is 1. The Balaban J connectivity index is 3.35. The molecule has 0 aliphatic carbocycles. The molecule has 0 spiro atoms. The molecule has 0 radical (unpaired) electrons. The topological polar surface area (TPSA) is 77.8 Å². The van der Waals surface area contributed by atoms with Gasteiger partial charge in [-0.2, -0.15) is 0 Å². The van der Waals surface area contributed by atoms with E-state index in [1.165, 1.54) is 77.0 Å². The van der Waals surface area contributed by atoms with Gasteiger partial charge in [0.2, 0.25) is 0 Å². The zero-order valence-corrected chi connectivity index (χ0v) is 16.4. The van der Waals surface area contributed by atoms with Gasteiger partial charge in [-0.05, 0) is 12.8 Å². The van der Waals surface area contributed by atoms with Gasteiger partial charge in [0.25, 0.3) is 0 Å². The van der Waals surface area contributed by atoms with E-state index in [1.807, 2.05) is 0 Å². The summed E-state index contributed by atoms with van der Waals surface area (Å²) in [5.74, 6) is -1.39. The Bertz CT molecular complexity index is 294. The second-order valence-corrected chi connectivity index (χ2v) is 7.49. The van der Waals surface area contributed by atoms with E-state index in [-0.39, 0.29) is 13.0 Å². The molecule has 0 heterocycles. The maximum atomic E-state index is 11.1. The van der Waals surface area contributed by atoms with Crippen molar-refractivity contribution >= 4 is 5.97 Å². The van der Waals surface area contributed by atoms with Crippen LogP contribution in [0.1, 0.15) is 110 Å². The maximum absolute atomic E-state index is 11.1. The van der Waals surface area contributed by atoms with Crippen LogP contribution in [0.4, 0.5) is 0 Å². The third-order valence-corrected chi connectivity index (χ3v) is 5.02. The summed E-state index contributed by atoms with van der Waals surface area (Å²) in [4.78, 5) is 11.1. The Kier molecular flexibility index (Phi) is 17.7. The van der Waals surface area contributed by atoms with E-state index in [0.717, 1.165) is 12.8 Å². The van der Waals surface area contributed by atoms with Crippen LogP contribution in [0.5, 0.6) is 0 Å². The molecular weight excluding hydrogens is 316 g/mol. The molecule has 0 saturated carbocycles. The van der Waals surface area contributed by atoms with Crippen LogP contribution in [0, 0.1) is 5.92 Å². The molecule has 0 rings (SSSR count). The van der Waals surface area contributed by atoms with E-state index in [9.17, 15) is 9.90 Å². The first-order valence-corrected chi connectivity index (χ1v) is 10.6. The van der Waals surface area contributed by atoms with Gasteiger partial charge in [-0.25, -0.2) is 0 Å². The highest BCUT2D eigenvalue weighted by Gasteiger charge is 2.20. The van der Waals surface area contributed by atoms with Crippen LogP contribution in [-0.2, 0) is 4.79 Å². The van der Waals surface area contributed by atoms with E-state index in [0.29, 0.717) is 6.42 Å². The summed E-state index contributed by atoms with van der Waals surface area (Å²) >= 11 is 0. The predicted octanol–water partition coefficient (Wildman–Crippen LogP) is 5.30. The smallest absolute Gasteiger partial charge is 0.306 e. The molecule has 4 nitrogen and oxygen atoms in total. The SMILES string of the molecule is CCCCCCCCCCCCCCCC[C@H](C[C@@H](O)CO)C(=O)O. The lowest BCUT2D eigenvalue weighted by molar-refractivity contribution is -0.143. The lowest BCUT2D eigenvalue weighted by Gasteiger charge is -2.15. The lowest BCUT2D eigenvalue weighted by atomic mass is 9.94. The molecule has 0 bridgehead atoms. The Morgan fingerprint density at radius 1 is 0.760 bits per heavy atom. The van der Waals surface area contributed by atoms with Crippen LogP contribution in [0.2, 0.25) is 0 Å². The summed E-state index contributed by atoms with van der Waals surface area (Å²) in [6.45, 7) is 1.90. The standard InChI is InChI=1S/C21H42O4/c1-2-3-4-5-6-7-8-9-10-11-12-13-14-15-16-19(21(24)25)17-20(23)18-22/h19-20,22-23H,2-18H2,1H3,(H,24,25)/t19-,20-/m1/s1. The highest BCUT2D eigenvalue weighted by molar-refractivity contribution is 5.69. The first-order valence-electron chi connectivity index (χ1n) is 10.6. The Morgan fingerprint density at radius 2 is 1.16 bits per heavy atom. The molecular formula is C21H42O4. The molecule has 25 heavy (non-hydrogen) atoms. The molecule has 0 saturated heterocycles. The Labute approximate surface area is 155 Å². The zero-order valence-electron chi connectivity index (χ0n) is 16.4. The second-order valence-electron chi connectivity index (χ2n) is 7.49. The molecule has 3 N–H and O–H groups in total. The highest BCUT2D eigenvalue weighted by Crippen LogP contribution is 2.18. The van der Waals surface area contributed by atoms with Crippen molar-refractivity contribution in [3.8, 4) is 0 Å². The van der Waals surface area contributed by atoms with Gasteiger partial charge in [0, 0.05) is 0 Å². The third kappa shape index (κ3) is 16.6. The molecule has 150 valence electrons. The largest absolute Gasteiger partial charge is 0.481 e. The van der Waals surface area contributed by atoms with Crippen LogP contribution in [0.15, 0.2) is 0 Å². The molecule has 2 atom stereocenters. The van der Waals surface area contributed by atoms with Crippen LogP contribution in [0.3, 0.4) is 0 Å². The van der Waals surface area contributed by atoms with E-state index < -0.39 is 18.0 Å². The van der Waals surface area contributed by atoms with Crippen LogP contribution >= 0.6 is 0 Å². The van der Waals surface area contributed by atoms with Gasteiger partial charge in [0.1, 0.15) is 0 Å². The number of hydrogen-bond acceptors (Lipinski definition) is 3. The molecule has 0 aliphatic rings. The average Bonchev–Trinajstić information content (AvgIpc) is 2.60. The molecule has 0 aromatic carbocycles. The maximum Gasteiger partial charge on any atom is 0.306 e. The lowest BCUT2D eigenvalue weighted by Crippen LogP contribution is -2.23. The summed E-state index contributed by atoms with van der Waals surface area (Å²) < 4.78 is 0. The second kappa shape index (κ2) is 18.2. The summed E-state index contributed by atoms with van der Waals surface area (Å²) in [6.07, 6.45) is 17.9. The number of unbranched alkanes of at least 4 members (excludes halogenated alkanes) is 13. The van der Waals surface area contributed by atoms with Crippen molar-refractivity contribution in [3.05, 3.63) is 0 Å². The highest BCUT2D eigenvalue weighted by atomic mass is 16.4. The Hall–Kier alpha value is -0.610. The molecule has 0 unspecified atom stereocenters. The number of aliphatic hydroxyl groups excluding tert-OH is 2. The number of aliphatic carboxylic acids is 1. The van der Waals surface area contributed by atoms with Crippen LogP contribution in [0.25, 0.3) is 0 Å². The fourth-order valence-corrected chi connectivity index (χ4v) is 3.33. The summed E-state index contributed by atoms with van der Waals surface area (Å²) in [5, 5.41) is 27.3. The van der Waals surface area contributed by atoms with Gasteiger partial charge in [0.15, 0.2) is 0 Å². The van der Waals surface area contributed by atoms with E-state index >= 15 is 0 Å². The fourth-order valence-electron chi connectivity index (χ4n) is 3.33. The van der Waals surface area contributed by atoms with Gasteiger partial charge in [-0.15, -0.1) is 0 Å². The monoisotopic (exact) mass is 358 g/mol. The van der Waals surface area contributed by atoms with Crippen molar-refractivity contribution in [3.63, 3.8) is 0 Å². The van der Waals surface area contributed by atoms with Gasteiger partial charge in [-0.3, -0.25) is 4.79 Å². The molecule has 0 aliphatic heterocycles. The minimum atomic E-state index is -0.909. The molecule has 4 heteroatoms. The van der Waals surface area contributed by atoms with Gasteiger partial charge in [-0.1, -0.05) is 96.8 Å². The number of aliphatic hydroxyl groups is 2. The van der Waals surface area contributed by atoms with Gasteiger partial charge < -0.3 is 15.3 Å². The van der Waals surface area contributed by atoms with Crippen molar-refractivity contribution < 1.29 is 20.1 Å². The summed E-state index contributed by atoms with van der Waals surface area (Å²) in [7, 11) is 0. The number of carboxylic acid groups (broad SMARTS) is 1. The Morgan fingerprint density at radius 3 is 1.52 bits per heavy atom.